The molecule has 96 valence electrons. The van der Waals surface area contributed by atoms with Crippen molar-refractivity contribution >= 4 is 17.3 Å². The molecule has 0 spiro atoms. The van der Waals surface area contributed by atoms with E-state index in [0.717, 1.165) is 24.3 Å². The second-order valence-corrected chi connectivity index (χ2v) is 4.60. The minimum Gasteiger partial charge on any atom is -0.278 e. The molecular weight excluding hydrogens is 236 g/mol. The first-order valence-electron chi connectivity index (χ1n) is 6.57. The van der Waals surface area contributed by atoms with Crippen LogP contribution in [0, 0.1) is 0 Å². The summed E-state index contributed by atoms with van der Waals surface area (Å²) >= 11 is 0. The van der Waals surface area contributed by atoms with E-state index in [9.17, 15) is 4.79 Å². The van der Waals surface area contributed by atoms with Crippen molar-refractivity contribution in [3.8, 4) is 0 Å². The molecule has 0 saturated carbocycles. The van der Waals surface area contributed by atoms with E-state index in [1.54, 1.807) is 5.01 Å². The standard InChI is InChI=1S/C16H16N2O/c19-16-12-7-13-17(14-8-3-1-4-9-14)18(16)15-10-5-2-6-11-15/h1-6,8-11H,7,12-13H2. The Labute approximate surface area is 113 Å². The summed E-state index contributed by atoms with van der Waals surface area (Å²) in [5.41, 5.74) is 1.98. The number of anilines is 2. The Morgan fingerprint density at radius 1 is 0.789 bits per heavy atom. The number of carbonyl (C=O) groups is 1. The van der Waals surface area contributed by atoms with Gasteiger partial charge in [0.15, 0.2) is 0 Å². The summed E-state index contributed by atoms with van der Waals surface area (Å²) in [4.78, 5) is 12.3. The Bertz CT molecular complexity index is 553. The summed E-state index contributed by atoms with van der Waals surface area (Å²) < 4.78 is 0. The van der Waals surface area contributed by atoms with E-state index in [-0.39, 0.29) is 5.91 Å². The number of hydrogen-bond donors (Lipinski definition) is 0. The normalized spacial score (nSPS) is 15.7. The lowest BCUT2D eigenvalue weighted by molar-refractivity contribution is -0.119. The van der Waals surface area contributed by atoms with Crippen LogP contribution in [0.3, 0.4) is 0 Å². The second kappa shape index (κ2) is 5.14. The predicted molar refractivity (Wildman–Crippen MR) is 77.0 cm³/mol. The zero-order valence-corrected chi connectivity index (χ0v) is 10.7. The van der Waals surface area contributed by atoms with Gasteiger partial charge in [0.25, 0.3) is 0 Å². The number of rotatable bonds is 2. The molecule has 0 unspecified atom stereocenters. The van der Waals surface area contributed by atoms with Gasteiger partial charge in [-0.2, -0.15) is 0 Å². The summed E-state index contributed by atoms with van der Waals surface area (Å²) in [6.45, 7) is 0.866. The summed E-state index contributed by atoms with van der Waals surface area (Å²) in [6.07, 6.45) is 1.51. The molecule has 1 aliphatic rings. The highest BCUT2D eigenvalue weighted by Crippen LogP contribution is 2.26. The van der Waals surface area contributed by atoms with Gasteiger partial charge < -0.3 is 0 Å². The van der Waals surface area contributed by atoms with E-state index in [0.29, 0.717) is 6.42 Å². The lowest BCUT2D eigenvalue weighted by Crippen LogP contribution is -2.51. The van der Waals surface area contributed by atoms with Gasteiger partial charge >= 0.3 is 0 Å². The average molecular weight is 252 g/mol. The molecule has 0 N–H and O–H groups in total. The molecule has 2 aromatic carbocycles. The second-order valence-electron chi connectivity index (χ2n) is 4.60. The fraction of sp³-hybridized carbons (Fsp3) is 0.188. The SMILES string of the molecule is O=C1CCCN(c2ccccc2)N1c1ccccc1. The number of amides is 1. The maximum absolute atomic E-state index is 12.3. The van der Waals surface area contributed by atoms with Crippen molar-refractivity contribution in [1.82, 2.24) is 0 Å². The van der Waals surface area contributed by atoms with Crippen LogP contribution in [0.4, 0.5) is 11.4 Å². The number of nitrogens with zero attached hydrogens (tertiary/aromatic N) is 2. The summed E-state index contributed by atoms with van der Waals surface area (Å²) in [7, 11) is 0. The molecule has 0 radical (unpaired) electrons. The van der Waals surface area contributed by atoms with E-state index < -0.39 is 0 Å². The minimum atomic E-state index is 0.154. The van der Waals surface area contributed by atoms with Crippen LogP contribution in [-0.2, 0) is 4.79 Å². The Balaban J connectivity index is 1.99. The molecule has 0 aliphatic carbocycles. The lowest BCUT2D eigenvalue weighted by Gasteiger charge is -2.39. The van der Waals surface area contributed by atoms with Crippen LogP contribution in [0.25, 0.3) is 0 Å². The van der Waals surface area contributed by atoms with Crippen molar-refractivity contribution in [2.24, 2.45) is 0 Å². The van der Waals surface area contributed by atoms with Crippen molar-refractivity contribution in [3.05, 3.63) is 60.7 Å². The van der Waals surface area contributed by atoms with Crippen molar-refractivity contribution < 1.29 is 4.79 Å². The van der Waals surface area contributed by atoms with Crippen molar-refractivity contribution in [2.45, 2.75) is 12.8 Å². The van der Waals surface area contributed by atoms with E-state index >= 15 is 0 Å². The molecular formula is C16H16N2O. The largest absolute Gasteiger partial charge is 0.278 e. The van der Waals surface area contributed by atoms with E-state index in [4.69, 9.17) is 0 Å². The topological polar surface area (TPSA) is 23.6 Å². The van der Waals surface area contributed by atoms with Gasteiger partial charge in [0, 0.05) is 13.0 Å². The van der Waals surface area contributed by atoms with Gasteiger partial charge in [0.1, 0.15) is 0 Å². The van der Waals surface area contributed by atoms with Gasteiger partial charge in [-0.15, -0.1) is 0 Å². The Morgan fingerprint density at radius 2 is 1.37 bits per heavy atom. The van der Waals surface area contributed by atoms with Gasteiger partial charge in [0.05, 0.1) is 11.4 Å². The zero-order valence-electron chi connectivity index (χ0n) is 10.7. The highest BCUT2D eigenvalue weighted by atomic mass is 16.2. The molecule has 1 aliphatic heterocycles. The summed E-state index contributed by atoms with van der Waals surface area (Å²) in [5, 5.41) is 3.85. The van der Waals surface area contributed by atoms with Crippen LogP contribution in [0.2, 0.25) is 0 Å². The number of hydrogen-bond acceptors (Lipinski definition) is 2. The molecule has 3 rings (SSSR count). The first-order valence-corrected chi connectivity index (χ1v) is 6.57. The van der Waals surface area contributed by atoms with Crippen LogP contribution in [-0.4, -0.2) is 12.5 Å². The van der Waals surface area contributed by atoms with Crippen LogP contribution in [0.1, 0.15) is 12.8 Å². The molecule has 0 aromatic heterocycles. The quantitative estimate of drug-likeness (QED) is 0.819. The number of hydrazine groups is 1. The highest BCUT2D eigenvalue weighted by molar-refractivity contribution is 5.96. The summed E-state index contributed by atoms with van der Waals surface area (Å²) in [6, 6.07) is 19.9. The van der Waals surface area contributed by atoms with E-state index in [2.05, 4.69) is 5.01 Å². The highest BCUT2D eigenvalue weighted by Gasteiger charge is 2.27. The number of benzene rings is 2. The van der Waals surface area contributed by atoms with E-state index in [1.807, 2.05) is 60.7 Å². The van der Waals surface area contributed by atoms with Gasteiger partial charge in [-0.1, -0.05) is 36.4 Å². The molecule has 1 amide bonds. The Morgan fingerprint density at radius 3 is 2.00 bits per heavy atom. The molecule has 0 atom stereocenters. The first-order chi connectivity index (χ1) is 9.36. The van der Waals surface area contributed by atoms with Gasteiger partial charge in [0.2, 0.25) is 5.91 Å². The predicted octanol–water partition coefficient (Wildman–Crippen LogP) is 3.24. The number of para-hydroxylation sites is 2. The van der Waals surface area contributed by atoms with Gasteiger partial charge in [-0.05, 0) is 30.7 Å². The summed E-state index contributed by atoms with van der Waals surface area (Å²) in [5.74, 6) is 0.154. The van der Waals surface area contributed by atoms with Gasteiger partial charge in [-0.25, -0.2) is 5.01 Å². The maximum Gasteiger partial charge on any atom is 0.245 e. The third-order valence-electron chi connectivity index (χ3n) is 3.29. The molecule has 3 nitrogen and oxygen atoms in total. The Kier molecular flexibility index (Phi) is 3.19. The van der Waals surface area contributed by atoms with E-state index in [1.165, 1.54) is 0 Å². The molecule has 2 aromatic rings. The monoisotopic (exact) mass is 252 g/mol. The molecule has 1 heterocycles. The van der Waals surface area contributed by atoms with Crippen LogP contribution in [0.5, 0.6) is 0 Å². The first kappa shape index (κ1) is 11.8. The third kappa shape index (κ3) is 2.32. The Hall–Kier alpha value is -2.29. The maximum atomic E-state index is 12.3. The van der Waals surface area contributed by atoms with Crippen molar-refractivity contribution in [2.75, 3.05) is 16.6 Å². The number of carbonyl (C=O) groups excluding carboxylic acids is 1. The molecule has 1 fully saturated rings. The van der Waals surface area contributed by atoms with Gasteiger partial charge in [-0.3, -0.25) is 9.80 Å². The third-order valence-corrected chi connectivity index (χ3v) is 3.29. The molecule has 19 heavy (non-hydrogen) atoms. The van der Waals surface area contributed by atoms with Crippen LogP contribution < -0.4 is 10.0 Å². The van der Waals surface area contributed by atoms with Crippen LogP contribution >= 0.6 is 0 Å². The minimum absolute atomic E-state index is 0.154. The fourth-order valence-corrected chi connectivity index (χ4v) is 2.42. The van der Waals surface area contributed by atoms with Crippen molar-refractivity contribution in [3.63, 3.8) is 0 Å². The van der Waals surface area contributed by atoms with Crippen molar-refractivity contribution in [1.29, 1.82) is 0 Å². The van der Waals surface area contributed by atoms with Crippen LogP contribution in [0.15, 0.2) is 60.7 Å². The zero-order chi connectivity index (χ0) is 13.1. The molecule has 1 saturated heterocycles. The molecule has 3 heteroatoms. The lowest BCUT2D eigenvalue weighted by atomic mass is 10.2. The smallest absolute Gasteiger partial charge is 0.245 e. The average Bonchev–Trinajstić information content (AvgIpc) is 2.49. The fourth-order valence-electron chi connectivity index (χ4n) is 2.42. The molecule has 0 bridgehead atoms.